The molecule has 0 unspecified atom stereocenters. The lowest BCUT2D eigenvalue weighted by molar-refractivity contribution is 0.394. The summed E-state index contributed by atoms with van der Waals surface area (Å²) >= 11 is 0. The van der Waals surface area contributed by atoms with Gasteiger partial charge in [-0.25, -0.2) is 0 Å². The van der Waals surface area contributed by atoms with Crippen LogP contribution >= 0.6 is 0 Å². The Bertz CT molecular complexity index is 386. The van der Waals surface area contributed by atoms with Gasteiger partial charge in [-0.3, -0.25) is 4.98 Å². The van der Waals surface area contributed by atoms with E-state index < -0.39 is 0 Å². The van der Waals surface area contributed by atoms with E-state index in [1.54, 1.807) is 18.6 Å². The summed E-state index contributed by atoms with van der Waals surface area (Å²) < 4.78 is 4.91. The maximum Gasteiger partial charge on any atom is 0.234 e. The van der Waals surface area contributed by atoms with Crippen LogP contribution in [-0.4, -0.2) is 32.1 Å². The molecule has 66 valence electrons. The molecule has 2 aromatic heterocycles. The van der Waals surface area contributed by atoms with Crippen LogP contribution in [0.1, 0.15) is 0 Å². The van der Waals surface area contributed by atoms with Gasteiger partial charge in [0.15, 0.2) is 5.82 Å². The molecular weight excluding hydrogens is 170 g/mol. The van der Waals surface area contributed by atoms with Crippen molar-refractivity contribution in [3.63, 3.8) is 0 Å². The summed E-state index contributed by atoms with van der Waals surface area (Å²) in [4.78, 5) is 9.38. The zero-order chi connectivity index (χ0) is 9.10. The van der Waals surface area contributed by atoms with Crippen LogP contribution in [0.3, 0.4) is 0 Å². The van der Waals surface area contributed by atoms with Crippen molar-refractivity contribution >= 4 is 0 Å². The lowest BCUT2D eigenvalue weighted by atomic mass is 10.6. The van der Waals surface area contributed by atoms with Crippen LogP contribution in [0.4, 0.5) is 0 Å². The van der Waals surface area contributed by atoms with Gasteiger partial charge in [0.1, 0.15) is 0 Å². The number of nitrogens with zero attached hydrogens (tertiary/aromatic N) is 5. The molecule has 2 heterocycles. The van der Waals surface area contributed by atoms with Crippen LogP contribution < -0.4 is 4.74 Å². The second-order valence-electron chi connectivity index (χ2n) is 2.24. The Morgan fingerprint density at radius 3 is 2.69 bits per heavy atom. The molecule has 0 bridgehead atoms. The highest BCUT2D eigenvalue weighted by Crippen LogP contribution is 2.05. The van der Waals surface area contributed by atoms with E-state index in [1.165, 1.54) is 18.1 Å². The number of methoxy groups -OCH3 is 1. The van der Waals surface area contributed by atoms with Crippen molar-refractivity contribution in [2.24, 2.45) is 0 Å². The van der Waals surface area contributed by atoms with E-state index in [-0.39, 0.29) is 0 Å². The van der Waals surface area contributed by atoms with Crippen LogP contribution in [0, 0.1) is 0 Å². The summed E-state index contributed by atoms with van der Waals surface area (Å²) in [5, 5.41) is 7.82. The van der Waals surface area contributed by atoms with Gasteiger partial charge in [-0.05, 0) is 0 Å². The maximum absolute atomic E-state index is 4.91. The Hall–Kier alpha value is -1.98. The minimum Gasteiger partial charge on any atom is -0.480 e. The predicted molar refractivity (Wildman–Crippen MR) is 43.5 cm³/mol. The molecule has 0 saturated heterocycles. The fourth-order valence-corrected chi connectivity index (χ4v) is 0.867. The molecule has 0 aliphatic heterocycles. The molecule has 0 N–H and O–H groups in total. The lowest BCUT2D eigenvalue weighted by Gasteiger charge is -2.00. The van der Waals surface area contributed by atoms with Crippen molar-refractivity contribution < 1.29 is 4.74 Å². The lowest BCUT2D eigenvalue weighted by Crippen LogP contribution is -2.03. The number of rotatable bonds is 2. The molecule has 0 aliphatic carbocycles. The summed E-state index contributed by atoms with van der Waals surface area (Å²) in [7, 11) is 1.53. The van der Waals surface area contributed by atoms with Crippen LogP contribution in [-0.2, 0) is 0 Å². The van der Waals surface area contributed by atoms with Gasteiger partial charge in [-0.15, -0.1) is 4.80 Å². The van der Waals surface area contributed by atoms with Crippen molar-refractivity contribution in [3.8, 4) is 11.7 Å². The van der Waals surface area contributed by atoms with Gasteiger partial charge in [0.25, 0.3) is 0 Å². The van der Waals surface area contributed by atoms with Gasteiger partial charge in [0.2, 0.25) is 5.88 Å². The molecule has 2 aromatic rings. The van der Waals surface area contributed by atoms with Crippen molar-refractivity contribution in [2.75, 3.05) is 7.11 Å². The molecule has 2 rings (SSSR count). The maximum atomic E-state index is 4.91. The van der Waals surface area contributed by atoms with Gasteiger partial charge < -0.3 is 4.74 Å². The van der Waals surface area contributed by atoms with Crippen LogP contribution in [0.2, 0.25) is 0 Å². The highest BCUT2D eigenvalue weighted by molar-refractivity contribution is 5.18. The molecule has 0 radical (unpaired) electrons. The molecule has 0 aromatic carbocycles. The molecule has 0 atom stereocenters. The van der Waals surface area contributed by atoms with Gasteiger partial charge in [0.05, 0.1) is 31.9 Å². The van der Waals surface area contributed by atoms with Crippen molar-refractivity contribution in [1.29, 1.82) is 0 Å². The zero-order valence-corrected chi connectivity index (χ0v) is 6.95. The molecule has 13 heavy (non-hydrogen) atoms. The minimum atomic E-state index is 0.440. The zero-order valence-electron chi connectivity index (χ0n) is 6.95. The van der Waals surface area contributed by atoms with Crippen molar-refractivity contribution in [2.45, 2.75) is 0 Å². The normalized spacial score (nSPS) is 9.92. The molecule has 6 nitrogen and oxygen atoms in total. The van der Waals surface area contributed by atoms with Gasteiger partial charge in [0, 0.05) is 0 Å². The van der Waals surface area contributed by atoms with E-state index in [4.69, 9.17) is 4.74 Å². The fraction of sp³-hybridized carbons (Fsp3) is 0.143. The third-order valence-corrected chi connectivity index (χ3v) is 1.43. The molecule has 0 saturated carbocycles. The Balaban J connectivity index is 2.41. The first-order chi connectivity index (χ1) is 6.40. The van der Waals surface area contributed by atoms with Crippen molar-refractivity contribution in [3.05, 3.63) is 24.8 Å². The first-order valence-corrected chi connectivity index (χ1v) is 3.63. The third kappa shape index (κ3) is 1.46. The standard InChI is InChI=1S/C7H7N5O/c1-13-7-5-8-4-6(11-7)12-9-2-3-10-12/h2-5H,1H3. The van der Waals surface area contributed by atoms with Crippen LogP contribution in [0.5, 0.6) is 5.88 Å². The monoisotopic (exact) mass is 177 g/mol. The Morgan fingerprint density at radius 2 is 2.00 bits per heavy atom. The Kier molecular flexibility index (Phi) is 1.87. The van der Waals surface area contributed by atoms with E-state index >= 15 is 0 Å². The number of aromatic nitrogens is 5. The second-order valence-corrected chi connectivity index (χ2v) is 2.24. The summed E-state index contributed by atoms with van der Waals surface area (Å²) in [6.07, 6.45) is 6.22. The molecular formula is C7H7N5O. The number of hydrogen-bond acceptors (Lipinski definition) is 5. The first kappa shape index (κ1) is 7.66. The van der Waals surface area contributed by atoms with E-state index in [2.05, 4.69) is 20.2 Å². The van der Waals surface area contributed by atoms with E-state index in [0.29, 0.717) is 11.7 Å². The average Bonchev–Trinajstić information content (AvgIpc) is 2.71. The second kappa shape index (κ2) is 3.18. The first-order valence-electron chi connectivity index (χ1n) is 3.63. The third-order valence-electron chi connectivity index (χ3n) is 1.43. The van der Waals surface area contributed by atoms with Crippen LogP contribution in [0.15, 0.2) is 24.8 Å². The largest absolute Gasteiger partial charge is 0.480 e. The fourth-order valence-electron chi connectivity index (χ4n) is 0.867. The predicted octanol–water partition coefficient (Wildman–Crippen LogP) is 0.0659. The molecule has 6 heteroatoms. The minimum absolute atomic E-state index is 0.440. The quantitative estimate of drug-likeness (QED) is 0.649. The average molecular weight is 177 g/mol. The molecule has 0 spiro atoms. The van der Waals surface area contributed by atoms with Gasteiger partial charge in [-0.1, -0.05) is 0 Å². The van der Waals surface area contributed by atoms with E-state index in [0.717, 1.165) is 0 Å². The topological polar surface area (TPSA) is 65.7 Å². The summed E-state index contributed by atoms with van der Waals surface area (Å²) in [6, 6.07) is 0. The van der Waals surface area contributed by atoms with Gasteiger partial charge >= 0.3 is 0 Å². The van der Waals surface area contributed by atoms with E-state index in [1.807, 2.05) is 0 Å². The Morgan fingerprint density at radius 1 is 1.23 bits per heavy atom. The molecule has 0 fully saturated rings. The number of hydrogen-bond donors (Lipinski definition) is 0. The highest BCUT2D eigenvalue weighted by atomic mass is 16.5. The Labute approximate surface area is 74.2 Å². The summed E-state index contributed by atoms with van der Waals surface area (Å²) in [5.41, 5.74) is 0. The summed E-state index contributed by atoms with van der Waals surface area (Å²) in [5.74, 6) is 0.971. The molecule has 0 amide bonds. The summed E-state index contributed by atoms with van der Waals surface area (Å²) in [6.45, 7) is 0. The SMILES string of the molecule is COc1cncc(-n2nccn2)n1. The van der Waals surface area contributed by atoms with Crippen molar-refractivity contribution in [1.82, 2.24) is 25.0 Å². The van der Waals surface area contributed by atoms with Gasteiger partial charge in [-0.2, -0.15) is 15.2 Å². The smallest absolute Gasteiger partial charge is 0.234 e. The van der Waals surface area contributed by atoms with Crippen LogP contribution in [0.25, 0.3) is 5.82 Å². The molecule has 0 aliphatic rings. The highest BCUT2D eigenvalue weighted by Gasteiger charge is 2.00. The van der Waals surface area contributed by atoms with E-state index in [9.17, 15) is 0 Å². The number of ether oxygens (including phenoxy) is 1.